The first-order valence-corrected chi connectivity index (χ1v) is 8.27. The van der Waals surface area contributed by atoms with E-state index in [2.05, 4.69) is 4.72 Å². The number of nitrogens with one attached hydrogen (secondary N) is 1. The molecule has 0 radical (unpaired) electrons. The predicted octanol–water partition coefficient (Wildman–Crippen LogP) is 2.02. The Balaban J connectivity index is 2.47. The molecule has 0 heterocycles. The number of hydrogen-bond acceptors (Lipinski definition) is 3. The van der Waals surface area contributed by atoms with Crippen molar-refractivity contribution in [3.05, 3.63) is 65.2 Å². The van der Waals surface area contributed by atoms with Gasteiger partial charge in [0.15, 0.2) is 0 Å². The molecule has 0 unspecified atom stereocenters. The summed E-state index contributed by atoms with van der Waals surface area (Å²) in [7, 11) is -3.97. The van der Waals surface area contributed by atoms with E-state index in [0.29, 0.717) is 5.56 Å². The van der Waals surface area contributed by atoms with Crippen molar-refractivity contribution in [3.8, 4) is 0 Å². The van der Waals surface area contributed by atoms with Crippen LogP contribution in [0.15, 0.2) is 59.5 Å². The SMILES string of the molecule is C[C@@](NS(=O)(=O)c1cccc(Cl)c1)(C(N)=O)c1ccccc1. The van der Waals surface area contributed by atoms with Crippen LogP contribution in [0.4, 0.5) is 0 Å². The fraction of sp³-hybridized carbons (Fsp3) is 0.133. The van der Waals surface area contributed by atoms with E-state index in [-0.39, 0.29) is 9.92 Å². The number of hydrogen-bond donors (Lipinski definition) is 2. The zero-order valence-electron chi connectivity index (χ0n) is 11.8. The Morgan fingerprint density at radius 1 is 1.14 bits per heavy atom. The average molecular weight is 339 g/mol. The normalized spacial score (nSPS) is 14.3. The molecule has 7 heteroatoms. The van der Waals surface area contributed by atoms with Gasteiger partial charge in [-0.15, -0.1) is 0 Å². The monoisotopic (exact) mass is 338 g/mol. The molecular weight excluding hydrogens is 324 g/mol. The number of halogens is 1. The van der Waals surface area contributed by atoms with E-state index >= 15 is 0 Å². The Bertz CT molecular complexity index is 793. The molecule has 0 spiro atoms. The summed E-state index contributed by atoms with van der Waals surface area (Å²) in [5, 5.41) is 0.281. The van der Waals surface area contributed by atoms with Gasteiger partial charge in [-0.05, 0) is 30.7 Å². The number of benzene rings is 2. The molecule has 0 saturated heterocycles. The van der Waals surface area contributed by atoms with Crippen molar-refractivity contribution in [1.29, 1.82) is 0 Å². The Morgan fingerprint density at radius 2 is 1.77 bits per heavy atom. The van der Waals surface area contributed by atoms with Gasteiger partial charge in [0.2, 0.25) is 15.9 Å². The van der Waals surface area contributed by atoms with E-state index in [0.717, 1.165) is 0 Å². The first-order chi connectivity index (χ1) is 10.3. The van der Waals surface area contributed by atoms with Crippen molar-refractivity contribution in [2.45, 2.75) is 17.4 Å². The topological polar surface area (TPSA) is 89.3 Å². The van der Waals surface area contributed by atoms with Gasteiger partial charge in [0.25, 0.3) is 0 Å². The van der Waals surface area contributed by atoms with Crippen molar-refractivity contribution in [3.63, 3.8) is 0 Å². The lowest BCUT2D eigenvalue weighted by molar-refractivity contribution is -0.123. The highest BCUT2D eigenvalue weighted by Crippen LogP contribution is 2.24. The van der Waals surface area contributed by atoms with Crippen molar-refractivity contribution in [2.75, 3.05) is 0 Å². The number of primary amides is 1. The number of carbonyl (C=O) groups is 1. The van der Waals surface area contributed by atoms with Crippen LogP contribution < -0.4 is 10.5 Å². The van der Waals surface area contributed by atoms with Crippen LogP contribution >= 0.6 is 11.6 Å². The van der Waals surface area contributed by atoms with Crippen LogP contribution in [0.2, 0.25) is 5.02 Å². The van der Waals surface area contributed by atoms with Gasteiger partial charge in [0.05, 0.1) is 4.90 Å². The van der Waals surface area contributed by atoms with Crippen molar-refractivity contribution in [1.82, 2.24) is 4.72 Å². The maximum absolute atomic E-state index is 12.5. The van der Waals surface area contributed by atoms with Crippen molar-refractivity contribution >= 4 is 27.5 Å². The predicted molar refractivity (Wildman–Crippen MR) is 84.8 cm³/mol. The van der Waals surface area contributed by atoms with Gasteiger partial charge in [-0.3, -0.25) is 4.79 Å². The van der Waals surface area contributed by atoms with E-state index in [9.17, 15) is 13.2 Å². The average Bonchev–Trinajstić information content (AvgIpc) is 2.47. The fourth-order valence-corrected chi connectivity index (χ4v) is 3.65. The number of rotatable bonds is 5. The second kappa shape index (κ2) is 6.08. The summed E-state index contributed by atoms with van der Waals surface area (Å²) in [4.78, 5) is 11.8. The van der Waals surface area contributed by atoms with Crippen LogP contribution in [-0.4, -0.2) is 14.3 Å². The zero-order valence-corrected chi connectivity index (χ0v) is 13.4. The lowest BCUT2D eigenvalue weighted by atomic mass is 9.93. The lowest BCUT2D eigenvalue weighted by Gasteiger charge is -2.27. The minimum absolute atomic E-state index is 0.0385. The standard InChI is InChI=1S/C15H15ClN2O3S/c1-15(14(17)19,11-6-3-2-4-7-11)18-22(20,21)13-9-5-8-12(16)10-13/h2-10,18H,1H3,(H2,17,19)/t15-/m0/s1. The van der Waals surface area contributed by atoms with Gasteiger partial charge >= 0.3 is 0 Å². The molecule has 1 amide bonds. The highest BCUT2D eigenvalue weighted by molar-refractivity contribution is 7.89. The Kier molecular flexibility index (Phi) is 4.55. The molecule has 1 atom stereocenters. The van der Waals surface area contributed by atoms with Crippen LogP contribution in [0.1, 0.15) is 12.5 Å². The fourth-order valence-electron chi connectivity index (χ4n) is 1.98. The molecule has 0 saturated carbocycles. The third-order valence-electron chi connectivity index (χ3n) is 3.29. The van der Waals surface area contributed by atoms with Crippen LogP contribution in [0.3, 0.4) is 0 Å². The highest BCUT2D eigenvalue weighted by Gasteiger charge is 2.37. The molecule has 3 N–H and O–H groups in total. The minimum Gasteiger partial charge on any atom is -0.368 e. The summed E-state index contributed by atoms with van der Waals surface area (Å²) in [5.74, 6) is -0.802. The number of nitrogens with two attached hydrogens (primary N) is 1. The Hall–Kier alpha value is -1.89. The molecule has 0 aliphatic carbocycles. The van der Waals surface area contributed by atoms with Crippen LogP contribution in [0.25, 0.3) is 0 Å². The largest absolute Gasteiger partial charge is 0.368 e. The third kappa shape index (κ3) is 3.30. The Labute approximate surface area is 134 Å². The Morgan fingerprint density at radius 3 is 2.32 bits per heavy atom. The smallest absolute Gasteiger partial charge is 0.243 e. The molecule has 0 fully saturated rings. The van der Waals surface area contributed by atoms with E-state index in [1.807, 2.05) is 0 Å². The zero-order chi connectivity index (χ0) is 16.4. The second-order valence-corrected chi connectivity index (χ2v) is 7.04. The third-order valence-corrected chi connectivity index (χ3v) is 5.08. The van der Waals surface area contributed by atoms with E-state index < -0.39 is 21.5 Å². The van der Waals surface area contributed by atoms with Gasteiger partial charge in [-0.2, -0.15) is 4.72 Å². The first-order valence-electron chi connectivity index (χ1n) is 6.41. The summed E-state index contributed by atoms with van der Waals surface area (Å²) in [6.45, 7) is 1.42. The van der Waals surface area contributed by atoms with Crippen molar-refractivity contribution in [2.24, 2.45) is 5.73 Å². The summed E-state index contributed by atoms with van der Waals surface area (Å²) < 4.78 is 27.4. The molecule has 2 rings (SSSR count). The second-order valence-electron chi connectivity index (χ2n) is 4.92. The first kappa shape index (κ1) is 16.5. The summed E-state index contributed by atoms with van der Waals surface area (Å²) in [6, 6.07) is 14.2. The van der Waals surface area contributed by atoms with E-state index in [1.165, 1.54) is 25.1 Å². The molecule has 0 bridgehead atoms. The summed E-state index contributed by atoms with van der Waals surface area (Å²) in [6.07, 6.45) is 0. The van der Waals surface area contributed by atoms with Gasteiger partial charge in [0.1, 0.15) is 5.54 Å². The van der Waals surface area contributed by atoms with E-state index in [4.69, 9.17) is 17.3 Å². The quantitative estimate of drug-likeness (QED) is 0.874. The molecule has 0 aromatic heterocycles. The van der Waals surface area contributed by atoms with Gasteiger partial charge in [0, 0.05) is 5.02 Å². The van der Waals surface area contributed by atoms with Crippen molar-refractivity contribution < 1.29 is 13.2 Å². The summed E-state index contributed by atoms with van der Waals surface area (Å²) >= 11 is 5.82. The van der Waals surface area contributed by atoms with Gasteiger partial charge in [-0.25, -0.2) is 8.42 Å². The molecule has 2 aromatic carbocycles. The molecule has 2 aromatic rings. The lowest BCUT2D eigenvalue weighted by Crippen LogP contribution is -2.52. The summed E-state index contributed by atoms with van der Waals surface area (Å²) in [5.41, 5.74) is 4.31. The number of sulfonamides is 1. The van der Waals surface area contributed by atoms with Gasteiger partial charge < -0.3 is 5.73 Å². The molecular formula is C15H15ClN2O3S. The molecule has 0 aliphatic rings. The van der Waals surface area contributed by atoms with Crippen LogP contribution in [0, 0.1) is 0 Å². The number of carbonyl (C=O) groups excluding carboxylic acids is 1. The maximum atomic E-state index is 12.5. The molecule has 116 valence electrons. The van der Waals surface area contributed by atoms with Gasteiger partial charge in [-0.1, -0.05) is 48.0 Å². The van der Waals surface area contributed by atoms with E-state index in [1.54, 1.807) is 36.4 Å². The van der Waals surface area contributed by atoms with Crippen LogP contribution in [0.5, 0.6) is 0 Å². The maximum Gasteiger partial charge on any atom is 0.243 e. The highest BCUT2D eigenvalue weighted by atomic mass is 35.5. The molecule has 22 heavy (non-hydrogen) atoms. The molecule has 0 aliphatic heterocycles. The van der Waals surface area contributed by atoms with Crippen LogP contribution in [-0.2, 0) is 20.4 Å². The number of amides is 1. The molecule has 5 nitrogen and oxygen atoms in total. The minimum atomic E-state index is -3.97.